The monoisotopic (exact) mass is 261 g/mol. The second kappa shape index (κ2) is 9.14. The summed E-state index contributed by atoms with van der Waals surface area (Å²) in [6, 6.07) is 6.56. The maximum Gasteiger partial charge on any atom is 0.118 e. The van der Waals surface area contributed by atoms with E-state index in [-0.39, 0.29) is 0 Å². The molecule has 19 heavy (non-hydrogen) atoms. The van der Waals surface area contributed by atoms with Gasteiger partial charge in [-0.3, -0.25) is 0 Å². The lowest BCUT2D eigenvalue weighted by atomic mass is 9.93. The predicted octanol–water partition coefficient (Wildman–Crippen LogP) is 5.64. The third kappa shape index (κ3) is 5.36. The van der Waals surface area contributed by atoms with Crippen molar-refractivity contribution >= 4 is 0 Å². The van der Waals surface area contributed by atoms with E-state index in [0.717, 1.165) is 31.2 Å². The van der Waals surface area contributed by atoms with Crippen molar-refractivity contribution in [2.45, 2.75) is 78.2 Å². The van der Waals surface area contributed by atoms with Crippen molar-refractivity contribution < 1.29 is 5.11 Å². The molecule has 0 N–H and O–H groups in total. The minimum Gasteiger partial charge on any atom is -0.228 e. The van der Waals surface area contributed by atoms with Gasteiger partial charge in [0.15, 0.2) is 0 Å². The zero-order chi connectivity index (χ0) is 14.1. The molecule has 0 aliphatic carbocycles. The molecular formula is C18H29O. The molecule has 1 aromatic rings. The molecular weight excluding hydrogens is 232 g/mol. The maximum atomic E-state index is 12.2. The summed E-state index contributed by atoms with van der Waals surface area (Å²) in [5, 5.41) is 12.2. The van der Waals surface area contributed by atoms with Crippen LogP contribution in [0.1, 0.15) is 82.1 Å². The van der Waals surface area contributed by atoms with Crippen LogP contribution in [-0.2, 0) is 17.9 Å². The van der Waals surface area contributed by atoms with E-state index < -0.39 is 6.10 Å². The van der Waals surface area contributed by atoms with Crippen molar-refractivity contribution in [3.63, 3.8) is 0 Å². The van der Waals surface area contributed by atoms with E-state index in [1.54, 1.807) is 0 Å². The third-order valence-corrected chi connectivity index (χ3v) is 3.72. The largest absolute Gasteiger partial charge is 0.228 e. The Hall–Kier alpha value is -0.820. The van der Waals surface area contributed by atoms with Crippen molar-refractivity contribution in [3.8, 4) is 0 Å². The lowest BCUT2D eigenvalue weighted by Gasteiger charge is -2.15. The molecule has 1 rings (SSSR count). The molecule has 0 saturated carbocycles. The molecule has 0 aliphatic rings. The van der Waals surface area contributed by atoms with Crippen LogP contribution in [0.25, 0.3) is 0 Å². The Morgan fingerprint density at radius 2 is 1.63 bits per heavy atom. The first kappa shape index (κ1) is 16.2. The van der Waals surface area contributed by atoms with E-state index in [9.17, 15) is 5.11 Å². The summed E-state index contributed by atoms with van der Waals surface area (Å²) >= 11 is 0. The van der Waals surface area contributed by atoms with E-state index in [1.165, 1.54) is 36.8 Å². The Balaban J connectivity index is 2.88. The van der Waals surface area contributed by atoms with E-state index in [2.05, 4.69) is 39.0 Å². The van der Waals surface area contributed by atoms with Gasteiger partial charge in [-0.1, -0.05) is 58.2 Å². The highest BCUT2D eigenvalue weighted by Gasteiger charge is 2.13. The smallest absolute Gasteiger partial charge is 0.118 e. The summed E-state index contributed by atoms with van der Waals surface area (Å²) in [5.74, 6) is 0. The van der Waals surface area contributed by atoms with Crippen LogP contribution >= 0.6 is 0 Å². The first-order chi connectivity index (χ1) is 9.22. The second-order valence-corrected chi connectivity index (χ2v) is 5.52. The average Bonchev–Trinajstić information content (AvgIpc) is 2.43. The van der Waals surface area contributed by atoms with Crippen molar-refractivity contribution in [1.29, 1.82) is 0 Å². The first-order valence-corrected chi connectivity index (χ1v) is 8.00. The van der Waals surface area contributed by atoms with Gasteiger partial charge in [0.1, 0.15) is 6.10 Å². The van der Waals surface area contributed by atoms with Gasteiger partial charge in [0.2, 0.25) is 0 Å². The highest BCUT2D eigenvalue weighted by Crippen LogP contribution is 2.26. The Bertz CT molecular complexity index is 357. The minimum atomic E-state index is -0.530. The van der Waals surface area contributed by atoms with Gasteiger partial charge in [-0.25, -0.2) is 5.11 Å². The Morgan fingerprint density at radius 3 is 2.26 bits per heavy atom. The van der Waals surface area contributed by atoms with Gasteiger partial charge in [-0.05, 0) is 48.8 Å². The van der Waals surface area contributed by atoms with Crippen LogP contribution in [-0.4, -0.2) is 0 Å². The fourth-order valence-electron chi connectivity index (χ4n) is 2.51. The van der Waals surface area contributed by atoms with Gasteiger partial charge in [-0.15, -0.1) is 0 Å². The van der Waals surface area contributed by atoms with Crippen molar-refractivity contribution in [3.05, 3.63) is 34.9 Å². The second-order valence-electron chi connectivity index (χ2n) is 5.52. The van der Waals surface area contributed by atoms with Gasteiger partial charge in [0.05, 0.1) is 0 Å². The normalized spacial score (nSPS) is 12.6. The number of hydrogen-bond donors (Lipinski definition) is 0. The molecule has 0 heterocycles. The highest BCUT2D eigenvalue weighted by molar-refractivity contribution is 5.34. The molecule has 107 valence electrons. The Labute approximate surface area is 119 Å². The Morgan fingerprint density at radius 1 is 0.947 bits per heavy atom. The molecule has 0 spiro atoms. The van der Waals surface area contributed by atoms with Gasteiger partial charge in [0.25, 0.3) is 0 Å². The molecule has 0 bridgehead atoms. The van der Waals surface area contributed by atoms with Gasteiger partial charge in [0, 0.05) is 0 Å². The standard InChI is InChI=1S/C18H29O/c1-4-7-10-15-12-13-17(18(19)9-6-3)16(14-15)11-8-5-2/h12-14,18H,4-11H2,1-3H3. The summed E-state index contributed by atoms with van der Waals surface area (Å²) in [6.45, 7) is 6.52. The van der Waals surface area contributed by atoms with Crippen LogP contribution in [0.4, 0.5) is 0 Å². The third-order valence-electron chi connectivity index (χ3n) is 3.72. The number of hydrogen-bond acceptors (Lipinski definition) is 0. The number of aryl methyl sites for hydroxylation is 2. The van der Waals surface area contributed by atoms with E-state index in [0.29, 0.717) is 0 Å². The fourth-order valence-corrected chi connectivity index (χ4v) is 2.51. The average molecular weight is 261 g/mol. The molecule has 1 heteroatoms. The fraction of sp³-hybridized carbons (Fsp3) is 0.667. The molecule has 1 radical (unpaired) electrons. The lowest BCUT2D eigenvalue weighted by Crippen LogP contribution is -2.02. The molecule has 1 unspecified atom stereocenters. The summed E-state index contributed by atoms with van der Waals surface area (Å²) in [4.78, 5) is 0. The quantitative estimate of drug-likeness (QED) is 0.548. The van der Waals surface area contributed by atoms with Crippen LogP contribution in [0.2, 0.25) is 0 Å². The zero-order valence-corrected chi connectivity index (χ0v) is 12.9. The molecule has 1 nitrogen and oxygen atoms in total. The number of rotatable bonds is 9. The molecule has 0 aliphatic heterocycles. The van der Waals surface area contributed by atoms with Gasteiger partial charge >= 0.3 is 0 Å². The minimum absolute atomic E-state index is 0.530. The molecule has 0 fully saturated rings. The molecule has 0 saturated heterocycles. The van der Waals surface area contributed by atoms with E-state index in [1.807, 2.05) is 0 Å². The van der Waals surface area contributed by atoms with Crippen LogP contribution in [0.3, 0.4) is 0 Å². The summed E-state index contributed by atoms with van der Waals surface area (Å²) in [5.41, 5.74) is 3.76. The molecule has 1 atom stereocenters. The van der Waals surface area contributed by atoms with Gasteiger partial charge in [-0.2, -0.15) is 0 Å². The van der Waals surface area contributed by atoms with E-state index >= 15 is 0 Å². The van der Waals surface area contributed by atoms with Gasteiger partial charge < -0.3 is 0 Å². The topological polar surface area (TPSA) is 19.9 Å². The van der Waals surface area contributed by atoms with Crippen LogP contribution in [0.15, 0.2) is 18.2 Å². The van der Waals surface area contributed by atoms with Crippen molar-refractivity contribution in [2.75, 3.05) is 0 Å². The first-order valence-electron chi connectivity index (χ1n) is 8.00. The summed E-state index contributed by atoms with van der Waals surface area (Å²) in [6.07, 6.45) is 8.25. The number of benzene rings is 1. The Kier molecular flexibility index (Phi) is 7.81. The lowest BCUT2D eigenvalue weighted by molar-refractivity contribution is 0.0797. The van der Waals surface area contributed by atoms with E-state index in [4.69, 9.17) is 0 Å². The van der Waals surface area contributed by atoms with Crippen LogP contribution < -0.4 is 0 Å². The van der Waals surface area contributed by atoms with Crippen LogP contribution in [0.5, 0.6) is 0 Å². The summed E-state index contributed by atoms with van der Waals surface area (Å²) in [7, 11) is 0. The predicted molar refractivity (Wildman–Crippen MR) is 82.0 cm³/mol. The van der Waals surface area contributed by atoms with Crippen molar-refractivity contribution in [1.82, 2.24) is 0 Å². The SMILES string of the molecule is CCCCc1ccc(C([O])CCC)c(CCCC)c1. The zero-order valence-electron chi connectivity index (χ0n) is 12.9. The highest BCUT2D eigenvalue weighted by atomic mass is 16.3. The van der Waals surface area contributed by atoms with Crippen LogP contribution in [0, 0.1) is 0 Å². The van der Waals surface area contributed by atoms with Crippen molar-refractivity contribution in [2.24, 2.45) is 0 Å². The molecule has 1 aromatic carbocycles. The number of unbranched alkanes of at least 4 members (excludes halogenated alkanes) is 2. The molecule has 0 aromatic heterocycles. The summed E-state index contributed by atoms with van der Waals surface area (Å²) < 4.78 is 0. The maximum absolute atomic E-state index is 12.2. The molecule has 0 amide bonds.